The first-order valence-electron chi connectivity index (χ1n) is 11.8. The molecule has 34 heavy (non-hydrogen) atoms. The lowest BCUT2D eigenvalue weighted by atomic mass is 10.00. The Morgan fingerprint density at radius 1 is 0.971 bits per heavy atom. The van der Waals surface area contributed by atoms with Crippen molar-refractivity contribution in [3.63, 3.8) is 0 Å². The molecule has 11 nitrogen and oxygen atoms in total. The number of carbonyl (C=O) groups is 6. The Kier molecular flexibility index (Phi) is 12.5. The van der Waals surface area contributed by atoms with E-state index in [0.29, 0.717) is 45.2 Å². The molecule has 190 valence electrons. The smallest absolute Gasteiger partial charge is 0.312 e. The second-order valence-corrected chi connectivity index (χ2v) is 8.58. The Balaban J connectivity index is 2.48. The fraction of sp³-hybridized carbons (Fsp3) is 0.652. The van der Waals surface area contributed by atoms with Crippen LogP contribution in [0.1, 0.15) is 65.7 Å². The van der Waals surface area contributed by atoms with Crippen LogP contribution in [0, 0.1) is 5.92 Å². The van der Waals surface area contributed by atoms with Crippen molar-refractivity contribution in [3.8, 4) is 0 Å². The number of hydrogen-bond acceptors (Lipinski definition) is 6. The predicted octanol–water partition coefficient (Wildman–Crippen LogP) is 0.525. The van der Waals surface area contributed by atoms with E-state index in [-0.39, 0.29) is 42.3 Å². The van der Waals surface area contributed by atoms with E-state index in [9.17, 15) is 28.8 Å². The molecule has 0 fully saturated rings. The zero-order chi connectivity index (χ0) is 25.7. The van der Waals surface area contributed by atoms with Crippen LogP contribution < -0.4 is 21.7 Å². The number of nitrogens with zero attached hydrogens (tertiary/aromatic N) is 1. The maximum absolute atomic E-state index is 12.8. The molecule has 11 heteroatoms. The average Bonchev–Trinajstić information content (AvgIpc) is 3.10. The van der Waals surface area contributed by atoms with Crippen molar-refractivity contribution in [2.75, 3.05) is 13.1 Å². The van der Waals surface area contributed by atoms with Gasteiger partial charge in [-0.1, -0.05) is 27.2 Å². The molecule has 1 aliphatic heterocycles. The zero-order valence-corrected chi connectivity index (χ0v) is 20.2. The first kappa shape index (κ1) is 28.8. The number of unbranched alkanes of at least 4 members (excludes halogenated alkanes) is 2. The van der Waals surface area contributed by atoms with Gasteiger partial charge in [-0.3, -0.25) is 28.9 Å². The van der Waals surface area contributed by atoms with Crippen molar-refractivity contribution in [1.29, 1.82) is 0 Å². The van der Waals surface area contributed by atoms with Gasteiger partial charge in [0.15, 0.2) is 5.78 Å². The first-order valence-corrected chi connectivity index (χ1v) is 11.8. The van der Waals surface area contributed by atoms with Crippen molar-refractivity contribution in [1.82, 2.24) is 20.9 Å². The molecule has 0 saturated heterocycles. The number of amides is 6. The topological polar surface area (TPSA) is 168 Å². The van der Waals surface area contributed by atoms with E-state index in [0.717, 1.165) is 4.90 Å². The van der Waals surface area contributed by atoms with E-state index in [2.05, 4.69) is 16.0 Å². The van der Waals surface area contributed by atoms with Crippen molar-refractivity contribution in [2.45, 2.75) is 77.8 Å². The number of Topliss-reactive ketones (excluding diaryl/α,β-unsaturated/α-hetero) is 1. The minimum absolute atomic E-state index is 0.133. The monoisotopic (exact) mass is 479 g/mol. The summed E-state index contributed by atoms with van der Waals surface area (Å²) in [5.41, 5.74) is 5.03. The van der Waals surface area contributed by atoms with Crippen LogP contribution in [0.25, 0.3) is 0 Å². The number of nitrogens with two attached hydrogens (primary N) is 1. The summed E-state index contributed by atoms with van der Waals surface area (Å²) in [5.74, 6) is -1.69. The Bertz CT molecular complexity index is 777. The second kappa shape index (κ2) is 14.8. The number of hydrogen-bond donors (Lipinski definition) is 4. The molecule has 1 aliphatic rings. The number of imide groups is 1. The van der Waals surface area contributed by atoms with Gasteiger partial charge in [-0.2, -0.15) is 0 Å². The molecule has 0 aromatic heterocycles. The largest absolute Gasteiger partial charge is 0.352 e. The van der Waals surface area contributed by atoms with Crippen LogP contribution in [-0.4, -0.2) is 65.5 Å². The van der Waals surface area contributed by atoms with E-state index in [1.807, 2.05) is 0 Å². The van der Waals surface area contributed by atoms with Crippen LogP contribution in [0.4, 0.5) is 4.79 Å². The maximum Gasteiger partial charge on any atom is 0.312 e. The fourth-order valence-electron chi connectivity index (χ4n) is 3.50. The van der Waals surface area contributed by atoms with E-state index < -0.39 is 24.0 Å². The Hall–Kier alpha value is -3.24. The fourth-order valence-corrected chi connectivity index (χ4v) is 3.50. The Labute approximate surface area is 200 Å². The first-order chi connectivity index (χ1) is 16.1. The standard InChI is InChI=1S/C23H37N5O6/c1-4-17(29)16(9-8-13-25-23(24)34)26-22(33)21(15(2)3)27-18(30)10-6-5-7-14-28-19(31)11-12-20(28)32/h11-12,15-16,21H,4-10,13-14H2,1-3H3,(H,26,33)(H,27,30)(H3,24,25,34)/t16-,21-/m0/s1. The third-order valence-electron chi connectivity index (χ3n) is 5.47. The quantitative estimate of drug-likeness (QED) is 0.186. The highest BCUT2D eigenvalue weighted by atomic mass is 16.2. The van der Waals surface area contributed by atoms with E-state index in [1.54, 1.807) is 20.8 Å². The summed E-state index contributed by atoms with van der Waals surface area (Å²) in [4.78, 5) is 72.5. The highest BCUT2D eigenvalue weighted by Gasteiger charge is 2.28. The lowest BCUT2D eigenvalue weighted by molar-refractivity contribution is -0.137. The molecule has 0 aromatic carbocycles. The molecule has 0 bridgehead atoms. The average molecular weight is 480 g/mol. The van der Waals surface area contributed by atoms with Gasteiger partial charge in [-0.25, -0.2) is 4.79 Å². The van der Waals surface area contributed by atoms with Gasteiger partial charge >= 0.3 is 6.03 Å². The molecule has 1 rings (SSSR count). The van der Waals surface area contributed by atoms with Crippen molar-refractivity contribution in [3.05, 3.63) is 12.2 Å². The Morgan fingerprint density at radius 3 is 2.18 bits per heavy atom. The normalized spacial score (nSPS) is 14.8. The summed E-state index contributed by atoms with van der Waals surface area (Å²) in [6, 6.07) is -2.16. The number of carbonyl (C=O) groups excluding carboxylic acids is 6. The van der Waals surface area contributed by atoms with Gasteiger partial charge < -0.3 is 21.7 Å². The van der Waals surface area contributed by atoms with Gasteiger partial charge in [0.2, 0.25) is 11.8 Å². The van der Waals surface area contributed by atoms with Crippen LogP contribution in [0.2, 0.25) is 0 Å². The number of nitrogens with one attached hydrogen (secondary N) is 3. The number of ketones is 1. The maximum atomic E-state index is 12.8. The van der Waals surface area contributed by atoms with Gasteiger partial charge in [0.1, 0.15) is 6.04 Å². The van der Waals surface area contributed by atoms with Gasteiger partial charge in [0.05, 0.1) is 6.04 Å². The van der Waals surface area contributed by atoms with Crippen LogP contribution in [-0.2, 0) is 24.0 Å². The molecule has 0 aliphatic carbocycles. The zero-order valence-electron chi connectivity index (χ0n) is 20.2. The molecule has 0 radical (unpaired) electrons. The van der Waals surface area contributed by atoms with E-state index in [4.69, 9.17) is 5.73 Å². The molecule has 0 unspecified atom stereocenters. The SMILES string of the molecule is CCC(=O)[C@H](CCCNC(N)=O)NC(=O)[C@@H](NC(=O)CCCCCN1C(=O)C=CC1=O)C(C)C. The molecule has 0 aromatic rings. The lowest BCUT2D eigenvalue weighted by Gasteiger charge is -2.25. The summed E-state index contributed by atoms with van der Waals surface area (Å²) in [6.07, 6.45) is 5.52. The van der Waals surface area contributed by atoms with Gasteiger partial charge in [0.25, 0.3) is 11.8 Å². The molecule has 5 N–H and O–H groups in total. The molecule has 6 amide bonds. The molecule has 0 saturated carbocycles. The minimum atomic E-state index is -0.797. The third-order valence-corrected chi connectivity index (χ3v) is 5.47. The van der Waals surface area contributed by atoms with Crippen LogP contribution in [0.3, 0.4) is 0 Å². The summed E-state index contributed by atoms with van der Waals surface area (Å²) >= 11 is 0. The lowest BCUT2D eigenvalue weighted by Crippen LogP contribution is -2.53. The van der Waals surface area contributed by atoms with Crippen molar-refractivity contribution in [2.24, 2.45) is 11.7 Å². The summed E-state index contributed by atoms with van der Waals surface area (Å²) in [7, 11) is 0. The summed E-state index contributed by atoms with van der Waals surface area (Å²) in [5, 5.41) is 7.92. The van der Waals surface area contributed by atoms with E-state index >= 15 is 0 Å². The van der Waals surface area contributed by atoms with Crippen molar-refractivity contribution < 1.29 is 28.8 Å². The molecule has 0 spiro atoms. The van der Waals surface area contributed by atoms with Crippen LogP contribution >= 0.6 is 0 Å². The second-order valence-electron chi connectivity index (χ2n) is 8.58. The van der Waals surface area contributed by atoms with Gasteiger partial charge in [-0.15, -0.1) is 0 Å². The van der Waals surface area contributed by atoms with E-state index in [1.165, 1.54) is 12.2 Å². The number of rotatable bonds is 16. The minimum Gasteiger partial charge on any atom is -0.352 e. The van der Waals surface area contributed by atoms with Gasteiger partial charge in [0, 0.05) is 38.1 Å². The third kappa shape index (κ3) is 10.1. The van der Waals surface area contributed by atoms with Crippen LogP contribution in [0.5, 0.6) is 0 Å². The Morgan fingerprint density at radius 2 is 1.62 bits per heavy atom. The van der Waals surface area contributed by atoms with Crippen LogP contribution in [0.15, 0.2) is 12.2 Å². The summed E-state index contributed by atoms with van der Waals surface area (Å²) < 4.78 is 0. The summed E-state index contributed by atoms with van der Waals surface area (Å²) in [6.45, 7) is 5.91. The highest BCUT2D eigenvalue weighted by molar-refractivity contribution is 6.12. The number of urea groups is 1. The predicted molar refractivity (Wildman–Crippen MR) is 125 cm³/mol. The molecule has 2 atom stereocenters. The number of primary amides is 1. The molecular formula is C23H37N5O6. The molecule has 1 heterocycles. The highest BCUT2D eigenvalue weighted by Crippen LogP contribution is 2.10. The molecular weight excluding hydrogens is 442 g/mol. The van der Waals surface area contributed by atoms with Crippen molar-refractivity contribution >= 4 is 35.4 Å². The van der Waals surface area contributed by atoms with Gasteiger partial charge in [-0.05, 0) is 31.6 Å².